The van der Waals surface area contributed by atoms with Gasteiger partial charge in [0.2, 0.25) is 0 Å². The van der Waals surface area contributed by atoms with E-state index in [9.17, 15) is 22.7 Å². The minimum atomic E-state index is -3.33. The average Bonchev–Trinajstić information content (AvgIpc) is 3.06. The van der Waals surface area contributed by atoms with E-state index in [-0.39, 0.29) is 10.7 Å². The molecule has 1 atom stereocenters. The number of halogens is 1. The lowest BCUT2D eigenvalue weighted by Crippen LogP contribution is -2.06. The lowest BCUT2D eigenvalue weighted by molar-refractivity contribution is -0.138. The summed E-state index contributed by atoms with van der Waals surface area (Å²) >= 11 is 1.23. The molecule has 0 aliphatic heterocycles. The van der Waals surface area contributed by atoms with E-state index in [0.29, 0.717) is 26.7 Å². The Kier molecular flexibility index (Phi) is 5.12. The normalized spacial score (nSPS) is 12.7. The Morgan fingerprint density at radius 2 is 1.63 bits per heavy atom. The molecular formula is C19H16FNO4S2. The van der Waals surface area contributed by atoms with Crippen molar-refractivity contribution in [3.05, 3.63) is 59.4 Å². The fourth-order valence-corrected chi connectivity index (χ4v) is 4.25. The molecule has 0 bridgehead atoms. The second-order valence-corrected chi connectivity index (χ2v) is 9.14. The molecule has 0 amide bonds. The van der Waals surface area contributed by atoms with Crippen LogP contribution in [0.1, 0.15) is 17.8 Å². The zero-order valence-corrected chi connectivity index (χ0v) is 16.1. The lowest BCUT2D eigenvalue weighted by Gasteiger charge is -2.04. The van der Waals surface area contributed by atoms with Crippen molar-refractivity contribution in [3.63, 3.8) is 0 Å². The summed E-state index contributed by atoms with van der Waals surface area (Å²) in [5.41, 5.74) is 1.90. The molecule has 2 aromatic carbocycles. The quantitative estimate of drug-likeness (QED) is 0.687. The Hall–Kier alpha value is -2.58. The zero-order valence-electron chi connectivity index (χ0n) is 14.5. The number of hydrogen-bond acceptors (Lipinski definition) is 5. The highest BCUT2D eigenvalue weighted by molar-refractivity contribution is 7.90. The van der Waals surface area contributed by atoms with E-state index in [4.69, 9.17) is 0 Å². The minimum Gasteiger partial charge on any atom is -0.481 e. The molecule has 3 rings (SSSR count). The maximum absolute atomic E-state index is 13.3. The largest absolute Gasteiger partial charge is 0.481 e. The van der Waals surface area contributed by atoms with Gasteiger partial charge < -0.3 is 5.11 Å². The molecule has 3 aromatic rings. The van der Waals surface area contributed by atoms with E-state index >= 15 is 0 Å². The molecule has 8 heteroatoms. The summed E-state index contributed by atoms with van der Waals surface area (Å²) in [6.07, 6.45) is 1.13. The summed E-state index contributed by atoms with van der Waals surface area (Å²) in [7, 11) is -3.33. The number of thiazole rings is 1. The first-order valence-corrected chi connectivity index (χ1v) is 10.7. The van der Waals surface area contributed by atoms with Crippen LogP contribution in [0.15, 0.2) is 53.4 Å². The fraction of sp³-hybridized carbons (Fsp3) is 0.158. The van der Waals surface area contributed by atoms with Gasteiger partial charge in [-0.15, -0.1) is 11.3 Å². The number of aliphatic carboxylic acids is 1. The van der Waals surface area contributed by atoms with E-state index < -0.39 is 21.7 Å². The highest BCUT2D eigenvalue weighted by Crippen LogP contribution is 2.39. The number of benzene rings is 2. The molecule has 1 heterocycles. The van der Waals surface area contributed by atoms with Gasteiger partial charge in [-0.1, -0.05) is 24.3 Å². The monoisotopic (exact) mass is 405 g/mol. The van der Waals surface area contributed by atoms with Crippen LogP contribution in [-0.2, 0) is 14.6 Å². The van der Waals surface area contributed by atoms with Gasteiger partial charge in [-0.3, -0.25) is 4.79 Å². The van der Waals surface area contributed by atoms with Crippen molar-refractivity contribution in [2.45, 2.75) is 17.7 Å². The first-order valence-electron chi connectivity index (χ1n) is 7.97. The van der Waals surface area contributed by atoms with Crippen LogP contribution in [-0.4, -0.2) is 30.7 Å². The number of rotatable bonds is 5. The number of carboxylic acids is 1. The fourth-order valence-electron chi connectivity index (χ4n) is 2.48. The van der Waals surface area contributed by atoms with Crippen molar-refractivity contribution < 1.29 is 22.7 Å². The molecule has 140 valence electrons. The first-order chi connectivity index (χ1) is 12.7. The van der Waals surface area contributed by atoms with Crippen LogP contribution in [0.5, 0.6) is 0 Å². The van der Waals surface area contributed by atoms with Gasteiger partial charge in [0, 0.05) is 11.8 Å². The number of aromatic nitrogens is 1. The lowest BCUT2D eigenvalue weighted by atomic mass is 10.1. The topological polar surface area (TPSA) is 84.3 Å². The van der Waals surface area contributed by atoms with E-state index in [1.165, 1.54) is 35.6 Å². The SMILES string of the molecule is CC(C(=O)O)c1nc(-c2ccc(S(C)(=O)=O)cc2)c(-c2ccc(F)cc2)s1. The predicted molar refractivity (Wildman–Crippen MR) is 102 cm³/mol. The third-order valence-corrected chi connectivity index (χ3v) is 6.46. The van der Waals surface area contributed by atoms with Crippen LogP contribution < -0.4 is 0 Å². The van der Waals surface area contributed by atoms with E-state index in [1.807, 2.05) is 0 Å². The summed E-state index contributed by atoms with van der Waals surface area (Å²) < 4.78 is 36.6. The molecule has 1 N–H and O–H groups in total. The molecule has 0 spiro atoms. The van der Waals surface area contributed by atoms with Crippen LogP contribution in [0.25, 0.3) is 21.7 Å². The summed E-state index contributed by atoms with van der Waals surface area (Å²) in [5, 5.41) is 9.71. The van der Waals surface area contributed by atoms with Crippen molar-refractivity contribution in [1.82, 2.24) is 4.98 Å². The summed E-state index contributed by atoms with van der Waals surface area (Å²) in [5.74, 6) is -2.16. The molecule has 0 saturated carbocycles. The van der Waals surface area contributed by atoms with Crippen molar-refractivity contribution in [3.8, 4) is 21.7 Å². The Morgan fingerprint density at radius 3 is 2.15 bits per heavy atom. The van der Waals surface area contributed by atoms with Gasteiger partial charge in [-0.2, -0.15) is 0 Å². The second-order valence-electron chi connectivity index (χ2n) is 6.09. The Labute approximate surface area is 160 Å². The van der Waals surface area contributed by atoms with Gasteiger partial charge in [0.25, 0.3) is 0 Å². The Bertz CT molecular complexity index is 1090. The van der Waals surface area contributed by atoms with Gasteiger partial charge in [0.05, 0.1) is 15.5 Å². The van der Waals surface area contributed by atoms with Crippen LogP contribution >= 0.6 is 11.3 Å². The van der Waals surface area contributed by atoms with Gasteiger partial charge in [0.1, 0.15) is 16.7 Å². The molecule has 0 aliphatic carbocycles. The van der Waals surface area contributed by atoms with Crippen molar-refractivity contribution >= 4 is 27.1 Å². The molecule has 5 nitrogen and oxygen atoms in total. The van der Waals surface area contributed by atoms with Crippen molar-refractivity contribution in [2.24, 2.45) is 0 Å². The van der Waals surface area contributed by atoms with E-state index in [2.05, 4.69) is 4.98 Å². The van der Waals surface area contributed by atoms with Crippen LogP contribution in [0.4, 0.5) is 4.39 Å². The van der Waals surface area contributed by atoms with Crippen LogP contribution in [0, 0.1) is 5.82 Å². The molecule has 0 aliphatic rings. The number of sulfone groups is 1. The number of hydrogen-bond donors (Lipinski definition) is 1. The van der Waals surface area contributed by atoms with Crippen LogP contribution in [0.3, 0.4) is 0 Å². The van der Waals surface area contributed by atoms with Gasteiger partial charge in [-0.05, 0) is 36.8 Å². The molecule has 1 unspecified atom stereocenters. The molecule has 0 fully saturated rings. The van der Waals surface area contributed by atoms with Crippen molar-refractivity contribution in [1.29, 1.82) is 0 Å². The number of carbonyl (C=O) groups is 1. The third kappa shape index (κ3) is 4.06. The van der Waals surface area contributed by atoms with Gasteiger partial charge >= 0.3 is 5.97 Å². The summed E-state index contributed by atoms with van der Waals surface area (Å²) in [6, 6.07) is 12.1. The molecule has 27 heavy (non-hydrogen) atoms. The molecular weight excluding hydrogens is 389 g/mol. The third-order valence-electron chi connectivity index (χ3n) is 4.05. The summed E-state index contributed by atoms with van der Waals surface area (Å²) in [4.78, 5) is 16.7. The second kappa shape index (κ2) is 7.21. The maximum atomic E-state index is 13.3. The highest BCUT2D eigenvalue weighted by Gasteiger charge is 2.23. The van der Waals surface area contributed by atoms with E-state index in [0.717, 1.165) is 6.26 Å². The van der Waals surface area contributed by atoms with Gasteiger partial charge in [0.15, 0.2) is 9.84 Å². The summed E-state index contributed by atoms with van der Waals surface area (Å²) in [6.45, 7) is 1.55. The molecule has 0 saturated heterocycles. The number of nitrogens with zero attached hydrogens (tertiary/aromatic N) is 1. The average molecular weight is 405 g/mol. The molecule has 0 radical (unpaired) electrons. The minimum absolute atomic E-state index is 0.184. The Balaban J connectivity index is 2.15. The zero-order chi connectivity index (χ0) is 19.8. The standard InChI is InChI=1S/C19H16FNO4S2/c1-11(19(22)23)18-21-16(12-5-9-15(10-6-12)27(2,24)25)17(26-18)13-3-7-14(20)8-4-13/h3-11H,1-2H3,(H,22,23). The van der Waals surface area contributed by atoms with Crippen LogP contribution in [0.2, 0.25) is 0 Å². The van der Waals surface area contributed by atoms with E-state index in [1.54, 1.807) is 31.2 Å². The van der Waals surface area contributed by atoms with Gasteiger partial charge in [-0.25, -0.2) is 17.8 Å². The Morgan fingerprint density at radius 1 is 1.07 bits per heavy atom. The maximum Gasteiger partial charge on any atom is 0.313 e. The first kappa shape index (κ1) is 19.2. The smallest absolute Gasteiger partial charge is 0.313 e. The van der Waals surface area contributed by atoms with Crippen molar-refractivity contribution in [2.75, 3.05) is 6.26 Å². The molecule has 1 aromatic heterocycles. The highest BCUT2D eigenvalue weighted by atomic mass is 32.2. The predicted octanol–water partition coefficient (Wildman–Crippen LogP) is 4.21. The number of carboxylic acid groups (broad SMARTS) is 1.